The lowest BCUT2D eigenvalue weighted by Gasteiger charge is -2.29. The second kappa shape index (κ2) is 6.15. The predicted molar refractivity (Wildman–Crippen MR) is 82.2 cm³/mol. The van der Waals surface area contributed by atoms with E-state index < -0.39 is 0 Å². The smallest absolute Gasteiger partial charge is 0.122 e. The monoisotopic (exact) mass is 274 g/mol. The summed E-state index contributed by atoms with van der Waals surface area (Å²) in [7, 11) is 2.26. The van der Waals surface area contributed by atoms with E-state index in [0.717, 1.165) is 38.3 Å². The molecule has 20 heavy (non-hydrogen) atoms. The van der Waals surface area contributed by atoms with Gasteiger partial charge in [0.2, 0.25) is 0 Å². The highest BCUT2D eigenvalue weighted by Gasteiger charge is 2.28. The molecule has 2 N–H and O–H groups in total. The maximum Gasteiger partial charge on any atom is 0.122 e. The third kappa shape index (κ3) is 2.84. The molecule has 3 heteroatoms. The van der Waals surface area contributed by atoms with E-state index in [0.29, 0.717) is 12.0 Å². The number of hydrogen-bond donors (Lipinski definition) is 1. The van der Waals surface area contributed by atoms with Gasteiger partial charge in [-0.25, -0.2) is 0 Å². The summed E-state index contributed by atoms with van der Waals surface area (Å²) in [6.07, 6.45) is 6.15. The molecule has 1 aromatic carbocycles. The third-order valence-corrected chi connectivity index (χ3v) is 4.99. The van der Waals surface area contributed by atoms with Crippen LogP contribution in [0.4, 0.5) is 0 Å². The highest BCUT2D eigenvalue weighted by molar-refractivity contribution is 5.39. The first-order valence-corrected chi connectivity index (χ1v) is 7.93. The second-order valence-corrected chi connectivity index (χ2v) is 6.27. The molecule has 1 saturated carbocycles. The maximum absolute atomic E-state index is 5.89. The van der Waals surface area contributed by atoms with E-state index >= 15 is 0 Å². The van der Waals surface area contributed by atoms with Gasteiger partial charge in [0.25, 0.3) is 0 Å². The predicted octanol–water partition coefficient (Wildman–Crippen LogP) is 2.22. The molecule has 2 unspecified atom stereocenters. The molecule has 2 aliphatic rings. The fourth-order valence-corrected chi connectivity index (χ4v) is 3.74. The third-order valence-electron chi connectivity index (χ3n) is 4.99. The van der Waals surface area contributed by atoms with E-state index in [4.69, 9.17) is 10.5 Å². The number of nitrogens with two attached hydrogens (primary N) is 1. The summed E-state index contributed by atoms with van der Waals surface area (Å²) in [5.74, 6) is 1.79. The van der Waals surface area contributed by atoms with Gasteiger partial charge in [0.1, 0.15) is 5.75 Å². The number of rotatable bonds is 5. The largest absolute Gasteiger partial charge is 0.493 e. The van der Waals surface area contributed by atoms with Crippen LogP contribution in [0.3, 0.4) is 0 Å². The highest BCUT2D eigenvalue weighted by atomic mass is 16.5. The molecule has 1 aliphatic carbocycles. The van der Waals surface area contributed by atoms with Crippen molar-refractivity contribution >= 4 is 0 Å². The van der Waals surface area contributed by atoms with E-state index in [1.807, 2.05) is 0 Å². The number of benzene rings is 1. The summed E-state index contributed by atoms with van der Waals surface area (Å²) in [6.45, 7) is 2.81. The van der Waals surface area contributed by atoms with Crippen molar-refractivity contribution in [3.05, 3.63) is 29.3 Å². The van der Waals surface area contributed by atoms with Gasteiger partial charge in [-0.1, -0.05) is 18.6 Å². The molecule has 0 aromatic heterocycles. The topological polar surface area (TPSA) is 38.5 Å². The van der Waals surface area contributed by atoms with Crippen LogP contribution in [0.15, 0.2) is 18.2 Å². The summed E-state index contributed by atoms with van der Waals surface area (Å²) in [4.78, 5) is 2.52. The zero-order valence-corrected chi connectivity index (χ0v) is 12.5. The van der Waals surface area contributed by atoms with E-state index in [1.165, 1.54) is 30.4 Å². The summed E-state index contributed by atoms with van der Waals surface area (Å²) in [5, 5.41) is 0. The maximum atomic E-state index is 5.89. The van der Waals surface area contributed by atoms with Gasteiger partial charge in [0.15, 0.2) is 0 Å². The van der Waals surface area contributed by atoms with Crippen molar-refractivity contribution in [2.45, 2.75) is 38.1 Å². The number of fused-ring (bicyclic) bond motifs is 1. The Morgan fingerprint density at radius 1 is 1.35 bits per heavy atom. The molecule has 1 fully saturated rings. The molecule has 1 aromatic rings. The molecule has 110 valence electrons. The Morgan fingerprint density at radius 2 is 2.25 bits per heavy atom. The molecule has 3 rings (SSSR count). The van der Waals surface area contributed by atoms with Crippen molar-refractivity contribution < 1.29 is 4.74 Å². The Morgan fingerprint density at radius 3 is 3.10 bits per heavy atom. The molecule has 2 atom stereocenters. The lowest BCUT2D eigenvalue weighted by atomic mass is 10.0. The fraction of sp³-hybridized carbons (Fsp3) is 0.647. The number of likely N-dealkylation sites (N-methyl/N-ethyl adjacent to an activating group) is 1. The van der Waals surface area contributed by atoms with Crippen LogP contribution in [0, 0.1) is 5.92 Å². The Labute approximate surface area is 122 Å². The Hall–Kier alpha value is -1.06. The van der Waals surface area contributed by atoms with E-state index in [2.05, 4.69) is 30.1 Å². The van der Waals surface area contributed by atoms with E-state index in [1.54, 1.807) is 0 Å². The number of ether oxygens (including phenoxy) is 1. The Kier molecular flexibility index (Phi) is 4.27. The first-order valence-electron chi connectivity index (χ1n) is 7.93. The highest BCUT2D eigenvalue weighted by Crippen LogP contribution is 2.29. The number of nitrogens with zero attached hydrogens (tertiary/aromatic N) is 1. The van der Waals surface area contributed by atoms with Crippen LogP contribution in [0.1, 0.15) is 30.4 Å². The summed E-state index contributed by atoms with van der Waals surface area (Å²) in [6, 6.07) is 7.37. The van der Waals surface area contributed by atoms with Gasteiger partial charge in [-0.2, -0.15) is 0 Å². The minimum absolute atomic E-state index is 0.692. The van der Waals surface area contributed by atoms with Crippen molar-refractivity contribution in [2.75, 3.05) is 26.7 Å². The van der Waals surface area contributed by atoms with Gasteiger partial charge >= 0.3 is 0 Å². The first-order chi connectivity index (χ1) is 9.78. The van der Waals surface area contributed by atoms with Crippen LogP contribution in [0.2, 0.25) is 0 Å². The molecule has 0 radical (unpaired) electrons. The molecule has 3 nitrogen and oxygen atoms in total. The van der Waals surface area contributed by atoms with Gasteiger partial charge in [-0.3, -0.25) is 0 Å². The normalized spacial score (nSPS) is 24.9. The minimum Gasteiger partial charge on any atom is -0.493 e. The lowest BCUT2D eigenvalue weighted by Crippen LogP contribution is -2.38. The van der Waals surface area contributed by atoms with Gasteiger partial charge in [0, 0.05) is 19.0 Å². The Bertz CT molecular complexity index is 460. The van der Waals surface area contributed by atoms with Crippen LogP contribution in [-0.4, -0.2) is 37.7 Å². The quantitative estimate of drug-likeness (QED) is 0.895. The van der Waals surface area contributed by atoms with Gasteiger partial charge in [-0.05, 0) is 56.0 Å². The van der Waals surface area contributed by atoms with Crippen molar-refractivity contribution in [3.63, 3.8) is 0 Å². The fourth-order valence-electron chi connectivity index (χ4n) is 3.74. The van der Waals surface area contributed by atoms with Crippen molar-refractivity contribution in [1.29, 1.82) is 0 Å². The van der Waals surface area contributed by atoms with Crippen LogP contribution < -0.4 is 10.5 Å². The lowest BCUT2D eigenvalue weighted by molar-refractivity contribution is 0.202. The minimum atomic E-state index is 0.692. The second-order valence-electron chi connectivity index (χ2n) is 6.27. The molecule has 1 heterocycles. The van der Waals surface area contributed by atoms with Crippen LogP contribution in [0.25, 0.3) is 0 Å². The van der Waals surface area contributed by atoms with Gasteiger partial charge in [-0.15, -0.1) is 0 Å². The molecule has 0 spiro atoms. The summed E-state index contributed by atoms with van der Waals surface area (Å²) >= 11 is 0. The first kappa shape index (κ1) is 13.9. The molecule has 0 bridgehead atoms. The van der Waals surface area contributed by atoms with E-state index in [9.17, 15) is 0 Å². The summed E-state index contributed by atoms with van der Waals surface area (Å²) in [5.41, 5.74) is 8.70. The SMILES string of the molecule is CN(CCc1ccc2c(c1)CCO2)C1CCCC1CN. The van der Waals surface area contributed by atoms with Gasteiger partial charge < -0.3 is 15.4 Å². The zero-order chi connectivity index (χ0) is 13.9. The zero-order valence-electron chi connectivity index (χ0n) is 12.5. The molecule has 1 aliphatic heterocycles. The van der Waals surface area contributed by atoms with Crippen LogP contribution in [-0.2, 0) is 12.8 Å². The van der Waals surface area contributed by atoms with Crippen LogP contribution >= 0.6 is 0 Å². The van der Waals surface area contributed by atoms with E-state index in [-0.39, 0.29) is 0 Å². The van der Waals surface area contributed by atoms with Crippen molar-refractivity contribution in [1.82, 2.24) is 4.90 Å². The molecular weight excluding hydrogens is 248 g/mol. The average molecular weight is 274 g/mol. The molecule has 0 saturated heterocycles. The molecular formula is C17H26N2O. The standard InChI is InChI=1S/C17H26N2O/c1-19(16-4-2-3-15(16)12-18)9-7-13-5-6-17-14(11-13)8-10-20-17/h5-6,11,15-16H,2-4,7-10,12,18H2,1H3. The van der Waals surface area contributed by atoms with Gasteiger partial charge in [0.05, 0.1) is 6.61 Å². The average Bonchev–Trinajstić information content (AvgIpc) is 3.12. The number of hydrogen-bond acceptors (Lipinski definition) is 3. The molecule has 0 amide bonds. The van der Waals surface area contributed by atoms with Crippen LogP contribution in [0.5, 0.6) is 5.75 Å². The van der Waals surface area contributed by atoms with Crippen molar-refractivity contribution in [2.24, 2.45) is 11.7 Å². The van der Waals surface area contributed by atoms with Crippen molar-refractivity contribution in [3.8, 4) is 5.75 Å². The summed E-state index contributed by atoms with van der Waals surface area (Å²) < 4.78 is 5.56. The Balaban J connectivity index is 1.56.